The van der Waals surface area contributed by atoms with Gasteiger partial charge in [0.1, 0.15) is 5.57 Å². The number of hydrogen-bond acceptors (Lipinski definition) is 3. The molecule has 2 amide bonds. The van der Waals surface area contributed by atoms with Crippen molar-refractivity contribution in [1.29, 1.82) is 0 Å². The van der Waals surface area contributed by atoms with Gasteiger partial charge in [-0.1, -0.05) is 70.0 Å². The van der Waals surface area contributed by atoms with Crippen LogP contribution in [0.15, 0.2) is 82.8 Å². The van der Waals surface area contributed by atoms with Crippen LogP contribution in [0.5, 0.6) is 0 Å². The van der Waals surface area contributed by atoms with Gasteiger partial charge in [-0.25, -0.2) is 0 Å². The smallest absolute Gasteiger partial charge is 0.270 e. The Morgan fingerprint density at radius 2 is 1.68 bits per heavy atom. The molecule has 0 unspecified atom stereocenters. The third-order valence-electron chi connectivity index (χ3n) is 4.86. The van der Waals surface area contributed by atoms with Gasteiger partial charge in [0, 0.05) is 9.50 Å². The van der Waals surface area contributed by atoms with E-state index in [4.69, 9.17) is 23.8 Å². The molecule has 0 spiro atoms. The predicted octanol–water partition coefficient (Wildman–Crippen LogP) is 5.52. The number of anilines is 1. The van der Waals surface area contributed by atoms with Gasteiger partial charge in [-0.2, -0.15) is 0 Å². The second-order valence-corrected chi connectivity index (χ2v) is 8.58. The van der Waals surface area contributed by atoms with Crippen molar-refractivity contribution < 1.29 is 9.59 Å². The first-order valence-corrected chi connectivity index (χ1v) is 11.0. The van der Waals surface area contributed by atoms with Crippen LogP contribution in [0.3, 0.4) is 0 Å². The first kappa shape index (κ1) is 21.4. The van der Waals surface area contributed by atoms with E-state index in [-0.39, 0.29) is 10.7 Å². The minimum atomic E-state index is -0.533. The quantitative estimate of drug-likeness (QED) is 0.285. The molecule has 0 atom stereocenters. The first-order valence-electron chi connectivity index (χ1n) is 9.42. The van der Waals surface area contributed by atoms with Crippen LogP contribution in [0.2, 0.25) is 5.02 Å². The SMILES string of the molecule is O=C1NC(=S)N(c2ccccc2)C(=O)/C1=C\c1cc(Cl)ccc1Cc1ccccc1Br. The zero-order valence-corrected chi connectivity index (χ0v) is 19.3. The van der Waals surface area contributed by atoms with Crippen LogP contribution in [0.4, 0.5) is 5.69 Å². The fourth-order valence-electron chi connectivity index (χ4n) is 3.33. The minimum absolute atomic E-state index is 0.00639. The maximum absolute atomic E-state index is 13.2. The van der Waals surface area contributed by atoms with Crippen LogP contribution in [0.1, 0.15) is 16.7 Å². The topological polar surface area (TPSA) is 49.4 Å². The third-order valence-corrected chi connectivity index (χ3v) is 6.16. The summed E-state index contributed by atoms with van der Waals surface area (Å²) in [5.41, 5.74) is 3.29. The Labute approximate surface area is 198 Å². The Bertz CT molecular complexity index is 1230. The maximum atomic E-state index is 13.2. The lowest BCUT2D eigenvalue weighted by molar-refractivity contribution is -0.122. The average molecular weight is 512 g/mol. The van der Waals surface area contributed by atoms with Gasteiger partial charge in [0.2, 0.25) is 0 Å². The molecule has 31 heavy (non-hydrogen) atoms. The van der Waals surface area contributed by atoms with Crippen molar-refractivity contribution in [1.82, 2.24) is 5.32 Å². The Morgan fingerprint density at radius 1 is 0.968 bits per heavy atom. The summed E-state index contributed by atoms with van der Waals surface area (Å²) in [4.78, 5) is 27.2. The van der Waals surface area contributed by atoms with Crippen LogP contribution >= 0.6 is 39.7 Å². The number of nitrogens with one attached hydrogen (secondary N) is 1. The number of rotatable bonds is 4. The molecular weight excluding hydrogens is 496 g/mol. The maximum Gasteiger partial charge on any atom is 0.270 e. The number of hydrogen-bond donors (Lipinski definition) is 1. The second kappa shape index (κ2) is 9.14. The van der Waals surface area contributed by atoms with E-state index in [0.29, 0.717) is 22.7 Å². The van der Waals surface area contributed by atoms with Gasteiger partial charge in [0.05, 0.1) is 5.69 Å². The third kappa shape index (κ3) is 4.61. The molecular formula is C24H16BrClN2O2S. The summed E-state index contributed by atoms with van der Waals surface area (Å²) in [5.74, 6) is -1.01. The summed E-state index contributed by atoms with van der Waals surface area (Å²) in [5, 5.41) is 3.18. The largest absolute Gasteiger partial charge is 0.298 e. The van der Waals surface area contributed by atoms with E-state index in [9.17, 15) is 9.59 Å². The van der Waals surface area contributed by atoms with E-state index >= 15 is 0 Å². The molecule has 4 nitrogen and oxygen atoms in total. The second-order valence-electron chi connectivity index (χ2n) is 6.90. The van der Waals surface area contributed by atoms with Gasteiger partial charge in [0.15, 0.2) is 5.11 Å². The van der Waals surface area contributed by atoms with E-state index in [0.717, 1.165) is 15.6 Å². The monoisotopic (exact) mass is 510 g/mol. The Morgan fingerprint density at radius 3 is 2.42 bits per heavy atom. The van der Waals surface area contributed by atoms with E-state index in [2.05, 4.69) is 21.2 Å². The fourth-order valence-corrected chi connectivity index (χ4v) is 4.22. The molecule has 1 saturated heterocycles. The summed E-state index contributed by atoms with van der Waals surface area (Å²) < 4.78 is 0.982. The van der Waals surface area contributed by atoms with Crippen molar-refractivity contribution in [3.05, 3.63) is 105 Å². The highest BCUT2D eigenvalue weighted by Gasteiger charge is 2.34. The molecule has 3 aromatic carbocycles. The van der Waals surface area contributed by atoms with Crippen LogP contribution in [-0.4, -0.2) is 16.9 Å². The van der Waals surface area contributed by atoms with Gasteiger partial charge in [0.25, 0.3) is 11.8 Å². The first-order chi connectivity index (χ1) is 14.9. The Hall–Kier alpha value is -2.80. The number of para-hydroxylation sites is 1. The summed E-state index contributed by atoms with van der Waals surface area (Å²) in [6.07, 6.45) is 2.18. The number of amides is 2. The van der Waals surface area contributed by atoms with Gasteiger partial charge in [-0.15, -0.1) is 0 Å². The Balaban J connectivity index is 1.75. The fraction of sp³-hybridized carbons (Fsp3) is 0.0417. The van der Waals surface area contributed by atoms with Crippen molar-refractivity contribution in [2.24, 2.45) is 0 Å². The molecule has 4 rings (SSSR count). The van der Waals surface area contributed by atoms with E-state index in [1.165, 1.54) is 4.90 Å². The molecule has 0 aliphatic carbocycles. The molecule has 0 aromatic heterocycles. The van der Waals surface area contributed by atoms with Gasteiger partial charge >= 0.3 is 0 Å². The molecule has 154 valence electrons. The summed E-state index contributed by atoms with van der Waals surface area (Å²) in [6, 6.07) is 22.3. The number of benzene rings is 3. The van der Waals surface area contributed by atoms with Gasteiger partial charge in [-0.05, 0) is 71.7 Å². The van der Waals surface area contributed by atoms with Crippen LogP contribution in [-0.2, 0) is 16.0 Å². The number of nitrogens with zero attached hydrogens (tertiary/aromatic N) is 1. The zero-order chi connectivity index (χ0) is 22.0. The van der Waals surface area contributed by atoms with Crippen LogP contribution in [0, 0.1) is 0 Å². The predicted molar refractivity (Wildman–Crippen MR) is 131 cm³/mol. The van der Waals surface area contributed by atoms with Gasteiger partial charge < -0.3 is 0 Å². The highest BCUT2D eigenvalue weighted by atomic mass is 79.9. The highest BCUT2D eigenvalue weighted by Crippen LogP contribution is 2.27. The molecule has 7 heteroatoms. The molecule has 1 aliphatic rings. The van der Waals surface area contributed by atoms with Crippen molar-refractivity contribution in [2.75, 3.05) is 4.90 Å². The molecule has 1 heterocycles. The van der Waals surface area contributed by atoms with Crippen LogP contribution in [0.25, 0.3) is 6.08 Å². The van der Waals surface area contributed by atoms with E-state index in [1.807, 2.05) is 36.4 Å². The van der Waals surface area contributed by atoms with Crippen molar-refractivity contribution in [3.8, 4) is 0 Å². The highest BCUT2D eigenvalue weighted by molar-refractivity contribution is 9.10. The molecule has 1 N–H and O–H groups in total. The molecule has 0 radical (unpaired) electrons. The normalized spacial score (nSPS) is 15.4. The van der Waals surface area contributed by atoms with Crippen molar-refractivity contribution in [3.63, 3.8) is 0 Å². The minimum Gasteiger partial charge on any atom is -0.298 e. The lowest BCUT2D eigenvalue weighted by Gasteiger charge is -2.29. The number of halogens is 2. The van der Waals surface area contributed by atoms with E-state index < -0.39 is 11.8 Å². The number of carbonyl (C=O) groups is 2. The molecule has 0 bridgehead atoms. The molecule has 3 aromatic rings. The standard InChI is InChI=1S/C24H16BrClN2O2S/c25-21-9-5-4-6-16(21)12-15-10-11-18(26)13-17(15)14-20-22(29)27-24(31)28(23(20)30)19-7-2-1-3-8-19/h1-11,13-14H,12H2,(H,27,29,31)/b20-14-. The number of carbonyl (C=O) groups excluding carboxylic acids is 2. The summed E-state index contributed by atoms with van der Waals surface area (Å²) in [7, 11) is 0. The van der Waals surface area contributed by atoms with Crippen molar-refractivity contribution in [2.45, 2.75) is 6.42 Å². The van der Waals surface area contributed by atoms with E-state index in [1.54, 1.807) is 42.5 Å². The molecule has 1 aliphatic heterocycles. The van der Waals surface area contributed by atoms with Crippen molar-refractivity contribution >= 4 is 68.4 Å². The lowest BCUT2D eigenvalue weighted by Crippen LogP contribution is -2.54. The molecule has 0 saturated carbocycles. The van der Waals surface area contributed by atoms with Gasteiger partial charge in [-0.3, -0.25) is 19.8 Å². The summed E-state index contributed by atoms with van der Waals surface area (Å²) >= 11 is 15.1. The Kier molecular flexibility index (Phi) is 6.32. The lowest BCUT2D eigenvalue weighted by atomic mass is 9.97. The molecule has 1 fully saturated rings. The average Bonchev–Trinajstić information content (AvgIpc) is 2.75. The van der Waals surface area contributed by atoms with Crippen LogP contribution < -0.4 is 10.2 Å². The summed E-state index contributed by atoms with van der Waals surface area (Å²) in [6.45, 7) is 0. The number of thiocarbonyl (C=S) groups is 1. The zero-order valence-electron chi connectivity index (χ0n) is 16.1.